The van der Waals surface area contributed by atoms with Crippen molar-refractivity contribution < 1.29 is 75.1 Å². The van der Waals surface area contributed by atoms with Gasteiger partial charge in [0.1, 0.15) is 23.2 Å². The molecule has 3 aromatic rings. The summed E-state index contributed by atoms with van der Waals surface area (Å²) < 4.78 is 81.9. The molecule has 10 nitrogen and oxygen atoms in total. The molecule has 2 aliphatic rings. The van der Waals surface area contributed by atoms with Crippen LogP contribution in [0, 0.1) is 23.4 Å². The predicted molar refractivity (Wildman–Crippen MR) is 146 cm³/mol. The molecule has 3 aromatic carbocycles. The van der Waals surface area contributed by atoms with Crippen LogP contribution in [0.3, 0.4) is 0 Å². The zero-order valence-electron chi connectivity index (χ0n) is 23.6. The minimum absolute atomic E-state index is 0. The average molecular weight is 642 g/mol. The van der Waals surface area contributed by atoms with Crippen LogP contribution in [-0.2, 0) is 15.1 Å². The Hall–Kier alpha value is -2.98. The van der Waals surface area contributed by atoms with Crippen LogP contribution >= 0.6 is 0 Å². The smallest absolute Gasteiger partial charge is 0.735 e. The van der Waals surface area contributed by atoms with Gasteiger partial charge in [-0.3, -0.25) is 4.79 Å². The molecular weight excluding hydrogens is 614 g/mol. The van der Waals surface area contributed by atoms with Crippen LogP contribution in [0.4, 0.5) is 23.7 Å². The van der Waals surface area contributed by atoms with Crippen LogP contribution in [0.15, 0.2) is 66.7 Å². The van der Waals surface area contributed by atoms with Crippen molar-refractivity contribution in [3.63, 3.8) is 0 Å². The summed E-state index contributed by atoms with van der Waals surface area (Å²) in [7, 11) is -4.63. The summed E-state index contributed by atoms with van der Waals surface area (Å²) in [6.07, 6.45) is -1.54. The first-order valence-corrected chi connectivity index (χ1v) is 14.8. The summed E-state index contributed by atoms with van der Waals surface area (Å²) in [6, 6.07) is 13.4. The van der Waals surface area contributed by atoms with Crippen molar-refractivity contribution in [2.45, 2.75) is 25.0 Å². The van der Waals surface area contributed by atoms with Gasteiger partial charge in [0.25, 0.3) is 0 Å². The van der Waals surface area contributed by atoms with E-state index < -0.39 is 51.9 Å². The van der Waals surface area contributed by atoms with Crippen LogP contribution in [-0.4, -0.2) is 65.5 Å². The normalized spacial score (nSPS) is 19.6. The molecule has 1 N–H and O–H groups in total. The Morgan fingerprint density at radius 1 is 0.955 bits per heavy atom. The average Bonchev–Trinajstić information content (AvgIpc) is 2.97. The van der Waals surface area contributed by atoms with Gasteiger partial charge in [0, 0.05) is 43.5 Å². The van der Waals surface area contributed by atoms with Gasteiger partial charge in [-0.1, -0.05) is 18.2 Å². The van der Waals surface area contributed by atoms with E-state index in [1.807, 2.05) is 0 Å². The number of β-lactam (4-membered cyclic amide) rings is 1. The summed E-state index contributed by atoms with van der Waals surface area (Å²) in [5.74, 6) is -2.97. The van der Waals surface area contributed by atoms with E-state index in [1.54, 1.807) is 0 Å². The van der Waals surface area contributed by atoms with Crippen LogP contribution in [0.5, 0.6) is 5.75 Å². The number of aliphatic hydroxyl groups is 1. The minimum atomic E-state index is -4.63. The molecule has 228 valence electrons. The fraction of sp³-hybridized carbons (Fsp3) is 0.310. The monoisotopic (exact) mass is 641 g/mol. The largest absolute Gasteiger partial charge is 1.00 e. The molecule has 3 atom stereocenters. The third kappa shape index (κ3) is 7.45. The standard InChI is InChI=1S/C29H28F3N3O7S.Na/c30-19-3-1-18(2-4-19)26(36)12-11-24-27(35(28(24)37)21-7-5-20(31)6-8-21)23-10-9-22(17-25(23)32)42-29(38)33-13-15-34(16-14-33)43(39,40)41;/h1-10,17,24,26-27,36H,11-16H2,(H,39,40,41);/q;+1/p-1/t24-,26?,27-;/m1./s1. The van der Waals surface area contributed by atoms with Crippen LogP contribution < -0.4 is 39.2 Å². The Bertz CT molecular complexity index is 1610. The molecule has 44 heavy (non-hydrogen) atoms. The van der Waals surface area contributed by atoms with Crippen molar-refractivity contribution in [3.05, 3.63) is 95.3 Å². The summed E-state index contributed by atoms with van der Waals surface area (Å²) in [5.41, 5.74) is 0.925. The summed E-state index contributed by atoms with van der Waals surface area (Å²) in [5, 5.41) is 10.6. The van der Waals surface area contributed by atoms with E-state index in [4.69, 9.17) is 4.74 Å². The second-order valence-corrected chi connectivity index (χ2v) is 11.6. The maximum Gasteiger partial charge on any atom is 1.00 e. The molecule has 2 heterocycles. The fourth-order valence-electron chi connectivity index (χ4n) is 5.34. The Labute approximate surface area is 274 Å². The number of amides is 2. The number of hydrogen-bond donors (Lipinski definition) is 1. The number of anilines is 1. The molecule has 2 fully saturated rings. The summed E-state index contributed by atoms with van der Waals surface area (Å²) in [6.45, 7) is -0.549. The van der Waals surface area contributed by atoms with Gasteiger partial charge in [-0.05, 0) is 60.9 Å². The van der Waals surface area contributed by atoms with E-state index >= 15 is 4.39 Å². The third-order valence-corrected chi connectivity index (χ3v) is 8.63. The number of piperazine rings is 1. The Kier molecular flexibility index (Phi) is 10.8. The zero-order chi connectivity index (χ0) is 30.9. The molecule has 0 radical (unpaired) electrons. The van der Waals surface area contributed by atoms with E-state index in [0.29, 0.717) is 15.6 Å². The number of rotatable bonds is 8. The van der Waals surface area contributed by atoms with Crippen LogP contribution in [0.25, 0.3) is 0 Å². The van der Waals surface area contributed by atoms with Gasteiger partial charge in [-0.15, -0.1) is 0 Å². The van der Waals surface area contributed by atoms with Crippen molar-refractivity contribution in [1.82, 2.24) is 9.21 Å². The first-order valence-electron chi connectivity index (χ1n) is 13.4. The first kappa shape index (κ1) is 33.9. The van der Waals surface area contributed by atoms with E-state index in [2.05, 4.69) is 0 Å². The molecule has 1 unspecified atom stereocenters. The number of ether oxygens (including phenoxy) is 1. The van der Waals surface area contributed by atoms with Gasteiger partial charge in [0.2, 0.25) is 5.91 Å². The van der Waals surface area contributed by atoms with Crippen molar-refractivity contribution in [3.8, 4) is 5.75 Å². The number of carbonyl (C=O) groups is 2. The second-order valence-electron chi connectivity index (χ2n) is 10.3. The van der Waals surface area contributed by atoms with Crippen molar-refractivity contribution in [2.75, 3.05) is 31.1 Å². The number of halogens is 3. The summed E-state index contributed by atoms with van der Waals surface area (Å²) in [4.78, 5) is 28.4. The Balaban J connectivity index is 0.00000442. The molecule has 2 aliphatic heterocycles. The number of benzene rings is 3. The van der Waals surface area contributed by atoms with Gasteiger partial charge in [-0.25, -0.2) is 30.7 Å². The van der Waals surface area contributed by atoms with Crippen molar-refractivity contribution in [2.24, 2.45) is 5.92 Å². The second kappa shape index (κ2) is 14.0. The number of hydrogen-bond acceptors (Lipinski definition) is 7. The molecule has 2 saturated heterocycles. The molecule has 0 aliphatic carbocycles. The molecule has 0 bridgehead atoms. The fourth-order valence-corrected chi connectivity index (χ4v) is 5.95. The van der Waals surface area contributed by atoms with Gasteiger partial charge in [-0.2, -0.15) is 0 Å². The van der Waals surface area contributed by atoms with Gasteiger partial charge >= 0.3 is 35.7 Å². The Morgan fingerprint density at radius 2 is 1.55 bits per heavy atom. The molecule has 5 rings (SSSR count). The molecular formula is C29H27F3N3NaO7S. The van der Waals surface area contributed by atoms with E-state index in [0.717, 1.165) is 6.07 Å². The minimum Gasteiger partial charge on any atom is -0.735 e. The maximum atomic E-state index is 15.6. The quantitative estimate of drug-likeness (QED) is 0.220. The van der Waals surface area contributed by atoms with Crippen LogP contribution in [0.2, 0.25) is 0 Å². The molecule has 15 heteroatoms. The molecule has 2 amide bonds. The number of nitrogens with zero attached hydrogens (tertiary/aromatic N) is 3. The van der Waals surface area contributed by atoms with Gasteiger partial charge in [0.15, 0.2) is 10.3 Å². The van der Waals surface area contributed by atoms with E-state index in [-0.39, 0.29) is 85.8 Å². The van der Waals surface area contributed by atoms with Crippen LogP contribution in [0.1, 0.15) is 36.1 Å². The Morgan fingerprint density at radius 3 is 2.11 bits per heavy atom. The zero-order valence-corrected chi connectivity index (χ0v) is 26.4. The molecule has 0 spiro atoms. The maximum absolute atomic E-state index is 15.6. The predicted octanol–water partition coefficient (Wildman–Crippen LogP) is 0.902. The van der Waals surface area contributed by atoms with E-state index in [9.17, 15) is 36.4 Å². The van der Waals surface area contributed by atoms with Gasteiger partial charge < -0.3 is 24.2 Å². The SMILES string of the molecule is O=C(Oc1ccc([C@@H]2[C@@H](CCC(O)c3ccc(F)cc3)C(=O)N2c2ccc(F)cc2)c(F)c1)N1CCN(S(=O)(=O)[O-])CC1.[Na+]. The third-order valence-electron chi connectivity index (χ3n) is 7.63. The van der Waals surface area contributed by atoms with Crippen molar-refractivity contribution >= 4 is 28.0 Å². The van der Waals surface area contributed by atoms with E-state index in [1.165, 1.54) is 70.5 Å². The first-order chi connectivity index (χ1) is 20.4. The molecule has 0 saturated carbocycles. The van der Waals surface area contributed by atoms with Gasteiger partial charge in [0.05, 0.1) is 18.1 Å². The topological polar surface area (TPSA) is 131 Å². The number of aliphatic hydroxyl groups excluding tert-OH is 1. The molecule has 0 aromatic heterocycles. The number of carbonyl (C=O) groups excluding carboxylic acids is 2. The van der Waals surface area contributed by atoms with Crippen molar-refractivity contribution in [1.29, 1.82) is 0 Å². The summed E-state index contributed by atoms with van der Waals surface area (Å²) >= 11 is 0.